The second-order valence-electron chi connectivity index (χ2n) is 4.78. The highest BCUT2D eigenvalue weighted by atomic mass is 35.5. The summed E-state index contributed by atoms with van der Waals surface area (Å²) >= 11 is 11.8. The van der Waals surface area contributed by atoms with Gasteiger partial charge in [-0.1, -0.05) is 11.6 Å². The molecule has 2 aromatic rings. The summed E-state index contributed by atoms with van der Waals surface area (Å²) in [5, 5.41) is 1.48. The van der Waals surface area contributed by atoms with Gasteiger partial charge in [0, 0.05) is 17.5 Å². The minimum Gasteiger partial charge on any atom is -0.477 e. The molecule has 1 unspecified atom stereocenters. The highest BCUT2D eigenvalue weighted by molar-refractivity contribution is 6.31. The number of ether oxygens (including phenoxy) is 2. The Morgan fingerprint density at radius 1 is 1.35 bits per heavy atom. The lowest BCUT2D eigenvalue weighted by Gasteiger charge is -2.12. The molecule has 0 amide bonds. The number of benzene rings is 1. The zero-order chi connectivity index (χ0) is 13.9. The monoisotopic (exact) mass is 312 g/mol. The van der Waals surface area contributed by atoms with Gasteiger partial charge in [0.1, 0.15) is 5.82 Å². The predicted octanol–water partition coefficient (Wildman–Crippen LogP) is 3.44. The maximum absolute atomic E-state index is 6.00. The van der Waals surface area contributed by atoms with Crippen molar-refractivity contribution in [3.8, 4) is 5.88 Å². The van der Waals surface area contributed by atoms with E-state index in [1.54, 1.807) is 12.1 Å². The van der Waals surface area contributed by atoms with Crippen LogP contribution in [0.15, 0.2) is 18.2 Å². The van der Waals surface area contributed by atoms with Gasteiger partial charge in [-0.3, -0.25) is 0 Å². The van der Waals surface area contributed by atoms with Crippen molar-refractivity contribution in [3.63, 3.8) is 0 Å². The fourth-order valence-electron chi connectivity index (χ4n) is 2.20. The normalized spacial score (nSPS) is 18.6. The van der Waals surface area contributed by atoms with Crippen LogP contribution in [0.1, 0.15) is 12.2 Å². The van der Waals surface area contributed by atoms with Gasteiger partial charge in [-0.25, -0.2) is 4.98 Å². The molecule has 20 heavy (non-hydrogen) atoms. The van der Waals surface area contributed by atoms with Gasteiger partial charge in [0.05, 0.1) is 30.0 Å². The molecule has 0 aliphatic carbocycles. The minimum atomic E-state index is 0.241. The average Bonchev–Trinajstić information content (AvgIpc) is 2.97. The third kappa shape index (κ3) is 2.97. The molecule has 0 radical (unpaired) electrons. The highest BCUT2D eigenvalue weighted by Crippen LogP contribution is 2.26. The van der Waals surface area contributed by atoms with E-state index in [0.717, 1.165) is 30.5 Å². The maximum Gasteiger partial charge on any atom is 0.224 e. The lowest BCUT2D eigenvalue weighted by molar-refractivity contribution is 0.166. The van der Waals surface area contributed by atoms with Crippen LogP contribution >= 0.6 is 23.2 Å². The number of hydrogen-bond acceptors (Lipinski definition) is 4. The molecule has 1 aliphatic rings. The third-order valence-electron chi connectivity index (χ3n) is 3.27. The van der Waals surface area contributed by atoms with Crippen molar-refractivity contribution in [2.75, 3.05) is 19.8 Å². The summed E-state index contributed by atoms with van der Waals surface area (Å²) in [6, 6.07) is 5.47. The molecule has 1 aliphatic heterocycles. The molecular formula is C14H14Cl2N2O2. The molecular weight excluding hydrogens is 299 g/mol. The first-order chi connectivity index (χ1) is 9.76. The Kier molecular flexibility index (Phi) is 4.24. The first-order valence-electron chi connectivity index (χ1n) is 6.49. The van der Waals surface area contributed by atoms with Gasteiger partial charge < -0.3 is 9.47 Å². The number of rotatable bonds is 4. The summed E-state index contributed by atoms with van der Waals surface area (Å²) in [5.74, 6) is 1.77. The smallest absolute Gasteiger partial charge is 0.224 e. The van der Waals surface area contributed by atoms with Crippen LogP contribution < -0.4 is 4.74 Å². The summed E-state index contributed by atoms with van der Waals surface area (Å²) < 4.78 is 11.2. The van der Waals surface area contributed by atoms with Gasteiger partial charge in [0.15, 0.2) is 0 Å². The van der Waals surface area contributed by atoms with Crippen molar-refractivity contribution in [1.82, 2.24) is 9.97 Å². The van der Waals surface area contributed by atoms with Crippen LogP contribution in [0.4, 0.5) is 0 Å². The summed E-state index contributed by atoms with van der Waals surface area (Å²) in [5.41, 5.74) is 0.751. The van der Waals surface area contributed by atoms with E-state index in [4.69, 9.17) is 32.7 Å². The lowest BCUT2D eigenvalue weighted by Crippen LogP contribution is -2.13. The van der Waals surface area contributed by atoms with Gasteiger partial charge in [-0.15, -0.1) is 11.6 Å². The fraction of sp³-hybridized carbons (Fsp3) is 0.429. The molecule has 1 aromatic carbocycles. The topological polar surface area (TPSA) is 44.2 Å². The minimum absolute atomic E-state index is 0.241. The molecule has 0 N–H and O–H groups in total. The number of aromatic nitrogens is 2. The summed E-state index contributed by atoms with van der Waals surface area (Å²) in [4.78, 5) is 8.72. The standard InChI is InChI=1S/C14H14Cl2N2O2/c15-6-13-17-12-5-10(16)1-2-11(12)14(18-13)20-8-9-3-4-19-7-9/h1-2,5,9H,3-4,6-8H2. The van der Waals surface area contributed by atoms with Gasteiger partial charge in [0.2, 0.25) is 5.88 Å². The van der Waals surface area contributed by atoms with Crippen LogP contribution in [0, 0.1) is 5.92 Å². The Balaban J connectivity index is 1.90. The number of halogens is 2. The van der Waals surface area contributed by atoms with Crippen LogP contribution in [0.2, 0.25) is 5.02 Å². The molecule has 0 spiro atoms. The van der Waals surface area contributed by atoms with E-state index in [1.165, 1.54) is 0 Å². The van der Waals surface area contributed by atoms with Crippen LogP contribution in [0.5, 0.6) is 5.88 Å². The van der Waals surface area contributed by atoms with Gasteiger partial charge in [-0.05, 0) is 24.6 Å². The van der Waals surface area contributed by atoms with E-state index < -0.39 is 0 Å². The van der Waals surface area contributed by atoms with Crippen molar-refractivity contribution in [3.05, 3.63) is 29.0 Å². The summed E-state index contributed by atoms with van der Waals surface area (Å²) in [7, 11) is 0. The zero-order valence-corrected chi connectivity index (χ0v) is 12.3. The van der Waals surface area contributed by atoms with Crippen molar-refractivity contribution >= 4 is 34.1 Å². The van der Waals surface area contributed by atoms with E-state index in [0.29, 0.717) is 29.3 Å². The quantitative estimate of drug-likeness (QED) is 0.811. The molecule has 4 nitrogen and oxygen atoms in total. The number of hydrogen-bond donors (Lipinski definition) is 0. The molecule has 1 fully saturated rings. The molecule has 0 saturated carbocycles. The Morgan fingerprint density at radius 2 is 2.25 bits per heavy atom. The van der Waals surface area contributed by atoms with Crippen LogP contribution in [0.25, 0.3) is 10.9 Å². The molecule has 1 aromatic heterocycles. The molecule has 3 rings (SSSR count). The van der Waals surface area contributed by atoms with Crippen molar-refractivity contribution in [1.29, 1.82) is 0 Å². The molecule has 6 heteroatoms. The molecule has 106 valence electrons. The Bertz CT molecular complexity index is 615. The van der Waals surface area contributed by atoms with E-state index in [1.807, 2.05) is 6.07 Å². The van der Waals surface area contributed by atoms with E-state index in [2.05, 4.69) is 9.97 Å². The predicted molar refractivity (Wildman–Crippen MR) is 78.5 cm³/mol. The maximum atomic E-state index is 6.00. The van der Waals surface area contributed by atoms with Crippen molar-refractivity contribution in [2.45, 2.75) is 12.3 Å². The Morgan fingerprint density at radius 3 is 3.00 bits per heavy atom. The van der Waals surface area contributed by atoms with Gasteiger partial charge in [0.25, 0.3) is 0 Å². The SMILES string of the molecule is ClCc1nc(OCC2CCOC2)c2ccc(Cl)cc2n1. The second-order valence-corrected chi connectivity index (χ2v) is 5.48. The number of alkyl halides is 1. The second kappa shape index (κ2) is 6.12. The van der Waals surface area contributed by atoms with Crippen LogP contribution in [-0.2, 0) is 10.6 Å². The largest absolute Gasteiger partial charge is 0.477 e. The van der Waals surface area contributed by atoms with Crippen molar-refractivity contribution in [2.24, 2.45) is 5.92 Å². The number of fused-ring (bicyclic) bond motifs is 1. The molecule has 1 saturated heterocycles. The summed E-state index contributed by atoms with van der Waals surface area (Å²) in [6.07, 6.45) is 1.03. The van der Waals surface area contributed by atoms with Crippen molar-refractivity contribution < 1.29 is 9.47 Å². The Labute approximate surface area is 127 Å². The highest BCUT2D eigenvalue weighted by Gasteiger charge is 2.17. The molecule has 0 bridgehead atoms. The van der Waals surface area contributed by atoms with Gasteiger partial charge in [-0.2, -0.15) is 4.98 Å². The molecule has 1 atom stereocenters. The first kappa shape index (κ1) is 13.9. The first-order valence-corrected chi connectivity index (χ1v) is 7.40. The Hall–Kier alpha value is -1.10. The summed E-state index contributed by atoms with van der Waals surface area (Å²) in [6.45, 7) is 2.15. The third-order valence-corrected chi connectivity index (χ3v) is 3.74. The van der Waals surface area contributed by atoms with E-state index in [9.17, 15) is 0 Å². The van der Waals surface area contributed by atoms with Crippen LogP contribution in [-0.4, -0.2) is 29.8 Å². The van der Waals surface area contributed by atoms with E-state index >= 15 is 0 Å². The van der Waals surface area contributed by atoms with Crippen LogP contribution in [0.3, 0.4) is 0 Å². The van der Waals surface area contributed by atoms with Gasteiger partial charge >= 0.3 is 0 Å². The fourth-order valence-corrected chi connectivity index (χ4v) is 2.49. The lowest BCUT2D eigenvalue weighted by atomic mass is 10.1. The molecule has 2 heterocycles. The van der Waals surface area contributed by atoms with E-state index in [-0.39, 0.29) is 5.88 Å². The average molecular weight is 313 g/mol. The zero-order valence-electron chi connectivity index (χ0n) is 10.8. The number of nitrogens with zero attached hydrogens (tertiary/aromatic N) is 2.